The molecule has 0 aliphatic carbocycles. The molecule has 2 fully saturated rings. The van der Waals surface area contributed by atoms with Crippen molar-refractivity contribution in [1.29, 1.82) is 0 Å². The van der Waals surface area contributed by atoms with E-state index < -0.39 is 0 Å². The van der Waals surface area contributed by atoms with Gasteiger partial charge in [-0.3, -0.25) is 4.90 Å². The van der Waals surface area contributed by atoms with Crippen LogP contribution < -0.4 is 0 Å². The lowest BCUT2D eigenvalue weighted by Gasteiger charge is -2.28. The van der Waals surface area contributed by atoms with Gasteiger partial charge in [-0.2, -0.15) is 0 Å². The number of aliphatic hydroxyl groups is 1. The number of aliphatic hydroxyl groups excluding tert-OH is 1. The van der Waals surface area contributed by atoms with Crippen molar-refractivity contribution in [1.82, 2.24) is 4.90 Å². The van der Waals surface area contributed by atoms with Crippen LogP contribution in [0.5, 0.6) is 0 Å². The third-order valence-electron chi connectivity index (χ3n) is 3.89. The molecule has 0 saturated carbocycles. The van der Waals surface area contributed by atoms with Gasteiger partial charge in [0.15, 0.2) is 0 Å². The Kier molecular flexibility index (Phi) is 5.22. The molecule has 0 spiro atoms. The molecule has 4 heteroatoms. The lowest BCUT2D eigenvalue weighted by atomic mass is 10.0. The molecular weight excluding hydrogens is 218 g/mol. The van der Waals surface area contributed by atoms with Gasteiger partial charge in [0.1, 0.15) is 0 Å². The molecule has 3 unspecified atom stereocenters. The molecule has 0 aromatic carbocycles. The van der Waals surface area contributed by atoms with Crippen LogP contribution in [0.4, 0.5) is 0 Å². The number of hydrogen-bond donors (Lipinski definition) is 1. The molecule has 1 N–H and O–H groups in total. The van der Waals surface area contributed by atoms with Crippen LogP contribution in [0.25, 0.3) is 0 Å². The van der Waals surface area contributed by atoms with Crippen molar-refractivity contribution in [3.05, 3.63) is 0 Å². The Morgan fingerprint density at radius 1 is 1.35 bits per heavy atom. The highest BCUT2D eigenvalue weighted by Gasteiger charge is 2.26. The summed E-state index contributed by atoms with van der Waals surface area (Å²) >= 11 is 0. The largest absolute Gasteiger partial charge is 0.391 e. The molecule has 0 amide bonds. The van der Waals surface area contributed by atoms with E-state index in [1.54, 1.807) is 0 Å². The molecule has 17 heavy (non-hydrogen) atoms. The van der Waals surface area contributed by atoms with Crippen LogP contribution in [0, 0.1) is 5.92 Å². The highest BCUT2D eigenvalue weighted by atomic mass is 16.5. The van der Waals surface area contributed by atoms with Crippen molar-refractivity contribution in [2.45, 2.75) is 38.4 Å². The fourth-order valence-corrected chi connectivity index (χ4v) is 2.68. The van der Waals surface area contributed by atoms with E-state index in [9.17, 15) is 5.11 Å². The summed E-state index contributed by atoms with van der Waals surface area (Å²) in [5, 5.41) is 10.2. The topological polar surface area (TPSA) is 41.9 Å². The molecule has 0 radical (unpaired) electrons. The van der Waals surface area contributed by atoms with Crippen molar-refractivity contribution < 1.29 is 14.6 Å². The van der Waals surface area contributed by atoms with E-state index in [0.29, 0.717) is 12.0 Å². The molecular formula is C13H25NO3. The van der Waals surface area contributed by atoms with Crippen LogP contribution in [0.2, 0.25) is 0 Å². The zero-order valence-corrected chi connectivity index (χ0v) is 10.8. The van der Waals surface area contributed by atoms with Crippen LogP contribution in [0.15, 0.2) is 0 Å². The molecule has 2 aliphatic rings. The van der Waals surface area contributed by atoms with Crippen LogP contribution in [-0.2, 0) is 9.47 Å². The zero-order valence-electron chi connectivity index (χ0n) is 10.8. The monoisotopic (exact) mass is 243 g/mol. The molecule has 2 heterocycles. The molecule has 2 rings (SSSR count). The Morgan fingerprint density at radius 2 is 2.24 bits per heavy atom. The van der Waals surface area contributed by atoms with E-state index in [1.807, 2.05) is 0 Å². The van der Waals surface area contributed by atoms with E-state index in [-0.39, 0.29) is 6.10 Å². The summed E-state index contributed by atoms with van der Waals surface area (Å²) in [6.45, 7) is 7.27. The van der Waals surface area contributed by atoms with Gasteiger partial charge in [-0.05, 0) is 25.8 Å². The minimum Gasteiger partial charge on any atom is -0.391 e. The van der Waals surface area contributed by atoms with Gasteiger partial charge in [0.05, 0.1) is 18.8 Å². The highest BCUT2D eigenvalue weighted by molar-refractivity contribution is 4.78. The SMILES string of the molecule is CCN(CC1CCCO1)CC(O)C1CCOC1. The van der Waals surface area contributed by atoms with E-state index in [4.69, 9.17) is 9.47 Å². The molecule has 0 aromatic heterocycles. The smallest absolute Gasteiger partial charge is 0.0718 e. The van der Waals surface area contributed by atoms with E-state index in [0.717, 1.165) is 45.9 Å². The number of hydrogen-bond acceptors (Lipinski definition) is 4. The third kappa shape index (κ3) is 3.91. The zero-order chi connectivity index (χ0) is 12.1. The first-order valence-corrected chi connectivity index (χ1v) is 6.89. The van der Waals surface area contributed by atoms with E-state index in [1.165, 1.54) is 12.8 Å². The van der Waals surface area contributed by atoms with Crippen molar-refractivity contribution in [2.24, 2.45) is 5.92 Å². The number of ether oxygens (including phenoxy) is 2. The van der Waals surface area contributed by atoms with Gasteiger partial charge in [0.25, 0.3) is 0 Å². The number of likely N-dealkylation sites (N-methyl/N-ethyl adjacent to an activating group) is 1. The molecule has 0 bridgehead atoms. The standard InChI is InChI=1S/C13H25NO3/c1-2-14(8-12-4-3-6-17-12)9-13(15)11-5-7-16-10-11/h11-13,15H,2-10H2,1H3. The summed E-state index contributed by atoms with van der Waals surface area (Å²) in [5.41, 5.74) is 0. The first-order valence-electron chi connectivity index (χ1n) is 6.89. The first kappa shape index (κ1) is 13.3. The van der Waals surface area contributed by atoms with Crippen molar-refractivity contribution >= 4 is 0 Å². The summed E-state index contributed by atoms with van der Waals surface area (Å²) in [4.78, 5) is 2.30. The van der Waals surface area contributed by atoms with Crippen molar-refractivity contribution in [2.75, 3.05) is 39.5 Å². The second-order valence-corrected chi connectivity index (χ2v) is 5.18. The summed E-state index contributed by atoms with van der Waals surface area (Å²) in [6, 6.07) is 0. The minimum atomic E-state index is -0.251. The molecule has 0 aromatic rings. The van der Waals surface area contributed by atoms with Gasteiger partial charge < -0.3 is 14.6 Å². The Bertz CT molecular complexity index is 213. The number of nitrogens with zero attached hydrogens (tertiary/aromatic N) is 1. The third-order valence-corrected chi connectivity index (χ3v) is 3.89. The quantitative estimate of drug-likeness (QED) is 0.752. The normalized spacial score (nSPS) is 31.2. The maximum absolute atomic E-state index is 10.2. The Hall–Kier alpha value is -0.160. The van der Waals surface area contributed by atoms with Crippen molar-refractivity contribution in [3.63, 3.8) is 0 Å². The van der Waals surface area contributed by atoms with Crippen LogP contribution in [0.3, 0.4) is 0 Å². The Morgan fingerprint density at radius 3 is 2.82 bits per heavy atom. The van der Waals surface area contributed by atoms with Gasteiger partial charge in [-0.25, -0.2) is 0 Å². The molecule has 2 saturated heterocycles. The van der Waals surface area contributed by atoms with E-state index >= 15 is 0 Å². The molecule has 100 valence electrons. The lowest BCUT2D eigenvalue weighted by molar-refractivity contribution is 0.0294. The fraction of sp³-hybridized carbons (Fsp3) is 1.00. The minimum absolute atomic E-state index is 0.251. The molecule has 4 nitrogen and oxygen atoms in total. The average Bonchev–Trinajstić information content (AvgIpc) is 3.00. The second-order valence-electron chi connectivity index (χ2n) is 5.18. The Balaban J connectivity index is 1.73. The van der Waals surface area contributed by atoms with Crippen LogP contribution >= 0.6 is 0 Å². The lowest BCUT2D eigenvalue weighted by Crippen LogP contribution is -2.40. The summed E-state index contributed by atoms with van der Waals surface area (Å²) < 4.78 is 11.0. The van der Waals surface area contributed by atoms with Crippen LogP contribution in [0.1, 0.15) is 26.2 Å². The fourth-order valence-electron chi connectivity index (χ4n) is 2.68. The molecule has 2 aliphatic heterocycles. The van der Waals surface area contributed by atoms with Gasteiger partial charge in [-0.1, -0.05) is 6.92 Å². The van der Waals surface area contributed by atoms with Crippen LogP contribution in [-0.4, -0.2) is 61.7 Å². The van der Waals surface area contributed by atoms with Gasteiger partial charge in [-0.15, -0.1) is 0 Å². The first-order chi connectivity index (χ1) is 8.29. The maximum Gasteiger partial charge on any atom is 0.0718 e. The van der Waals surface area contributed by atoms with Gasteiger partial charge in [0.2, 0.25) is 0 Å². The summed E-state index contributed by atoms with van der Waals surface area (Å²) in [5.74, 6) is 0.327. The second kappa shape index (κ2) is 6.69. The average molecular weight is 243 g/mol. The number of rotatable bonds is 6. The predicted molar refractivity (Wildman–Crippen MR) is 66.0 cm³/mol. The summed E-state index contributed by atoms with van der Waals surface area (Å²) in [6.07, 6.45) is 3.47. The molecule has 3 atom stereocenters. The van der Waals surface area contributed by atoms with E-state index in [2.05, 4.69) is 11.8 Å². The van der Waals surface area contributed by atoms with Crippen molar-refractivity contribution in [3.8, 4) is 0 Å². The van der Waals surface area contributed by atoms with Gasteiger partial charge >= 0.3 is 0 Å². The summed E-state index contributed by atoms with van der Waals surface area (Å²) in [7, 11) is 0. The van der Waals surface area contributed by atoms with Gasteiger partial charge in [0, 0.05) is 32.2 Å². The predicted octanol–water partition coefficient (Wildman–Crippen LogP) is 0.885. The highest BCUT2D eigenvalue weighted by Crippen LogP contribution is 2.19. The Labute approximate surface area is 104 Å². The maximum atomic E-state index is 10.2.